The molecule has 130 valence electrons. The maximum Gasteiger partial charge on any atom is 0.138 e. The summed E-state index contributed by atoms with van der Waals surface area (Å²) in [6.45, 7) is 0. The van der Waals surface area contributed by atoms with Crippen LogP contribution in [0.3, 0.4) is 0 Å². The van der Waals surface area contributed by atoms with Crippen molar-refractivity contribution >= 4 is 34.1 Å². The lowest BCUT2D eigenvalue weighted by atomic mass is 9.98. The van der Waals surface area contributed by atoms with Crippen molar-refractivity contribution in [2.24, 2.45) is 5.73 Å². The summed E-state index contributed by atoms with van der Waals surface area (Å²) in [6.07, 6.45) is 1.67. The Morgan fingerprint density at radius 2 is 1.50 bits per heavy atom. The molecule has 0 aliphatic heterocycles. The lowest BCUT2D eigenvalue weighted by molar-refractivity contribution is 1.32. The molecule has 4 aromatic rings. The first-order valence-electron chi connectivity index (χ1n) is 8.07. The van der Waals surface area contributed by atoms with Gasteiger partial charge in [0.25, 0.3) is 0 Å². The Morgan fingerprint density at radius 1 is 0.808 bits per heavy atom. The zero-order valence-corrected chi connectivity index (χ0v) is 15.7. The Hall–Kier alpha value is -2.46. The van der Waals surface area contributed by atoms with Crippen molar-refractivity contribution in [2.45, 2.75) is 0 Å². The molecule has 3 nitrogen and oxygen atoms in total. The van der Waals surface area contributed by atoms with E-state index in [0.717, 1.165) is 33.3 Å². The fourth-order valence-corrected chi connectivity index (χ4v) is 3.06. The SMILES string of the molecule is CN.Clc1ccc(-c2nc3ccnc(Cl)c3cc2-c2ccccc2)cc1. The quantitative estimate of drug-likeness (QED) is 0.443. The summed E-state index contributed by atoms with van der Waals surface area (Å²) >= 11 is 12.3. The van der Waals surface area contributed by atoms with Gasteiger partial charge in [0.2, 0.25) is 0 Å². The average Bonchev–Trinajstić information content (AvgIpc) is 2.70. The summed E-state index contributed by atoms with van der Waals surface area (Å²) in [6, 6.07) is 21.8. The Bertz CT molecular complexity index is 1020. The van der Waals surface area contributed by atoms with Crippen molar-refractivity contribution in [1.82, 2.24) is 9.97 Å². The molecule has 0 saturated carbocycles. The van der Waals surface area contributed by atoms with Gasteiger partial charge in [0, 0.05) is 27.7 Å². The van der Waals surface area contributed by atoms with Gasteiger partial charge < -0.3 is 5.73 Å². The van der Waals surface area contributed by atoms with E-state index in [0.29, 0.717) is 10.2 Å². The summed E-state index contributed by atoms with van der Waals surface area (Å²) in [5.41, 5.74) is 9.32. The van der Waals surface area contributed by atoms with Crippen molar-refractivity contribution in [3.63, 3.8) is 0 Å². The third-order valence-electron chi connectivity index (χ3n) is 3.90. The third kappa shape index (κ3) is 3.70. The number of aromatic nitrogens is 2. The molecule has 26 heavy (non-hydrogen) atoms. The summed E-state index contributed by atoms with van der Waals surface area (Å²) in [7, 11) is 1.50. The van der Waals surface area contributed by atoms with Gasteiger partial charge in [0.05, 0.1) is 11.2 Å². The van der Waals surface area contributed by atoms with Crippen molar-refractivity contribution in [1.29, 1.82) is 0 Å². The first kappa shape index (κ1) is 18.3. The first-order chi connectivity index (χ1) is 12.7. The number of rotatable bonds is 2. The lowest BCUT2D eigenvalue weighted by Crippen LogP contribution is -1.92. The van der Waals surface area contributed by atoms with E-state index in [1.54, 1.807) is 6.20 Å². The van der Waals surface area contributed by atoms with Crippen LogP contribution < -0.4 is 5.73 Å². The molecule has 0 bridgehead atoms. The number of nitrogens with zero attached hydrogens (tertiary/aromatic N) is 2. The topological polar surface area (TPSA) is 51.8 Å². The third-order valence-corrected chi connectivity index (χ3v) is 4.45. The number of hydrogen-bond donors (Lipinski definition) is 1. The fourth-order valence-electron chi connectivity index (χ4n) is 2.73. The fraction of sp³-hybridized carbons (Fsp3) is 0.0476. The molecular weight excluding hydrogens is 365 g/mol. The van der Waals surface area contributed by atoms with Crippen LogP contribution in [0.5, 0.6) is 0 Å². The molecule has 2 heterocycles. The zero-order chi connectivity index (χ0) is 18.5. The van der Waals surface area contributed by atoms with Crippen molar-refractivity contribution in [3.8, 4) is 22.4 Å². The Morgan fingerprint density at radius 3 is 2.19 bits per heavy atom. The molecule has 0 amide bonds. The van der Waals surface area contributed by atoms with Crippen LogP contribution in [0.1, 0.15) is 0 Å². The molecule has 0 aliphatic carbocycles. The van der Waals surface area contributed by atoms with E-state index in [4.69, 9.17) is 28.2 Å². The molecule has 0 radical (unpaired) electrons. The molecule has 2 N–H and O–H groups in total. The second-order valence-corrected chi connectivity index (χ2v) is 6.22. The molecular formula is C21H17Cl2N3. The van der Waals surface area contributed by atoms with Crippen LogP contribution in [-0.4, -0.2) is 17.0 Å². The number of hydrogen-bond acceptors (Lipinski definition) is 3. The maximum absolute atomic E-state index is 6.27. The zero-order valence-electron chi connectivity index (χ0n) is 14.2. The van der Waals surface area contributed by atoms with E-state index in [1.165, 1.54) is 7.05 Å². The predicted molar refractivity (Wildman–Crippen MR) is 111 cm³/mol. The van der Waals surface area contributed by atoms with Crippen LogP contribution in [0.2, 0.25) is 10.2 Å². The monoisotopic (exact) mass is 381 g/mol. The number of benzene rings is 2. The molecule has 0 saturated heterocycles. The van der Waals surface area contributed by atoms with Crippen LogP contribution in [-0.2, 0) is 0 Å². The van der Waals surface area contributed by atoms with Gasteiger partial charge in [0.1, 0.15) is 5.15 Å². The van der Waals surface area contributed by atoms with E-state index in [-0.39, 0.29) is 0 Å². The summed E-state index contributed by atoms with van der Waals surface area (Å²) in [5, 5.41) is 2.00. The van der Waals surface area contributed by atoms with Gasteiger partial charge in [-0.15, -0.1) is 0 Å². The molecule has 0 aliphatic rings. The first-order valence-corrected chi connectivity index (χ1v) is 8.82. The number of fused-ring (bicyclic) bond motifs is 1. The van der Waals surface area contributed by atoms with Crippen LogP contribution >= 0.6 is 23.2 Å². The Kier molecular flexibility index (Phi) is 5.84. The summed E-state index contributed by atoms with van der Waals surface area (Å²) in [4.78, 5) is 9.01. The van der Waals surface area contributed by atoms with Gasteiger partial charge in [-0.05, 0) is 36.9 Å². The van der Waals surface area contributed by atoms with Gasteiger partial charge in [-0.1, -0.05) is 65.7 Å². The van der Waals surface area contributed by atoms with Crippen LogP contribution in [0.25, 0.3) is 33.3 Å². The van der Waals surface area contributed by atoms with E-state index in [9.17, 15) is 0 Å². The second-order valence-electron chi connectivity index (χ2n) is 5.43. The molecule has 0 fully saturated rings. The number of nitrogens with two attached hydrogens (primary N) is 1. The van der Waals surface area contributed by atoms with Gasteiger partial charge in [-0.25, -0.2) is 9.97 Å². The maximum atomic E-state index is 6.27. The van der Waals surface area contributed by atoms with Crippen molar-refractivity contribution in [3.05, 3.63) is 83.1 Å². The highest BCUT2D eigenvalue weighted by Crippen LogP contribution is 2.35. The number of halogens is 2. The van der Waals surface area contributed by atoms with E-state index >= 15 is 0 Å². The predicted octanol–water partition coefficient (Wildman–Crippen LogP) is 5.85. The highest BCUT2D eigenvalue weighted by Gasteiger charge is 2.13. The largest absolute Gasteiger partial charge is 0.333 e. The molecule has 0 spiro atoms. The van der Waals surface area contributed by atoms with Gasteiger partial charge in [-0.2, -0.15) is 0 Å². The van der Waals surface area contributed by atoms with Gasteiger partial charge in [0.15, 0.2) is 0 Å². The van der Waals surface area contributed by atoms with Gasteiger partial charge >= 0.3 is 0 Å². The minimum Gasteiger partial charge on any atom is -0.333 e. The average molecular weight is 382 g/mol. The minimum absolute atomic E-state index is 0.458. The molecule has 5 heteroatoms. The molecule has 4 rings (SSSR count). The molecule has 0 atom stereocenters. The van der Waals surface area contributed by atoms with Crippen molar-refractivity contribution in [2.75, 3.05) is 7.05 Å². The normalized spacial score (nSPS) is 10.3. The Balaban J connectivity index is 0.000000948. The smallest absolute Gasteiger partial charge is 0.138 e. The number of pyridine rings is 2. The molecule has 0 unspecified atom stereocenters. The van der Waals surface area contributed by atoms with Gasteiger partial charge in [-0.3, -0.25) is 0 Å². The van der Waals surface area contributed by atoms with Crippen LogP contribution in [0.4, 0.5) is 0 Å². The van der Waals surface area contributed by atoms with E-state index in [1.807, 2.05) is 48.5 Å². The Labute approximate surface area is 162 Å². The van der Waals surface area contributed by atoms with E-state index < -0.39 is 0 Å². The van der Waals surface area contributed by atoms with E-state index in [2.05, 4.69) is 28.9 Å². The lowest BCUT2D eigenvalue weighted by Gasteiger charge is -2.12. The second kappa shape index (κ2) is 8.28. The van der Waals surface area contributed by atoms with Crippen molar-refractivity contribution < 1.29 is 0 Å². The minimum atomic E-state index is 0.458. The van der Waals surface area contributed by atoms with Crippen LogP contribution in [0.15, 0.2) is 72.9 Å². The standard InChI is InChI=1S/C20H12Cl2N2.CH5N/c21-15-8-6-14(7-9-15)19-16(13-4-2-1-3-5-13)12-17-18(24-19)10-11-23-20(17)22;1-2/h1-12H;2H2,1H3. The molecule has 2 aromatic heterocycles. The van der Waals surface area contributed by atoms with Crippen LogP contribution in [0, 0.1) is 0 Å². The molecule has 2 aromatic carbocycles. The highest BCUT2D eigenvalue weighted by atomic mass is 35.5. The highest BCUT2D eigenvalue weighted by molar-refractivity contribution is 6.34. The summed E-state index contributed by atoms with van der Waals surface area (Å²) in [5.74, 6) is 0. The summed E-state index contributed by atoms with van der Waals surface area (Å²) < 4.78 is 0.